The normalized spacial score (nSPS) is 27.5. The second-order valence-corrected chi connectivity index (χ2v) is 27.8. The third-order valence-corrected chi connectivity index (χ3v) is 19.6. The Bertz CT molecular complexity index is 1730. The average Bonchev–Trinajstić information content (AvgIpc) is 0.817. The van der Waals surface area contributed by atoms with Crippen LogP contribution in [0, 0.1) is 0 Å². The van der Waals surface area contributed by atoms with Gasteiger partial charge < -0.3 is 89.9 Å². The number of unbranched alkanes of at least 4 members (excludes halogenated alkanes) is 45. The van der Waals surface area contributed by atoms with Crippen LogP contribution in [0.25, 0.3) is 0 Å². The van der Waals surface area contributed by atoms with E-state index in [2.05, 4.69) is 19.2 Å². The van der Waals surface area contributed by atoms with Crippen LogP contribution in [0.4, 0.5) is 0 Å². The number of ether oxygens (including phenoxy) is 6. The summed E-state index contributed by atoms with van der Waals surface area (Å²) in [5.41, 5.74) is 0. The smallest absolute Gasteiger partial charge is 0.220 e. The fraction of sp³-hybridized carbons (Fsp3) is 0.959. The molecule has 19 nitrogen and oxygen atoms in total. The molecule has 17 unspecified atom stereocenters. The number of carbonyl (C=O) groups is 1. The molecule has 3 rings (SSSR count). The van der Waals surface area contributed by atoms with Gasteiger partial charge in [0, 0.05) is 6.42 Å². The Labute approximate surface area is 563 Å². The van der Waals surface area contributed by atoms with Crippen molar-refractivity contribution in [1.29, 1.82) is 0 Å². The highest BCUT2D eigenvalue weighted by atomic mass is 16.8. The van der Waals surface area contributed by atoms with Crippen molar-refractivity contribution in [3.8, 4) is 0 Å². The zero-order chi connectivity index (χ0) is 67.5. The van der Waals surface area contributed by atoms with Crippen LogP contribution in [0.3, 0.4) is 0 Å². The van der Waals surface area contributed by atoms with E-state index in [0.29, 0.717) is 6.42 Å². The Morgan fingerprint density at radius 1 is 0.376 bits per heavy atom. The summed E-state index contributed by atoms with van der Waals surface area (Å²) >= 11 is 0. The van der Waals surface area contributed by atoms with Gasteiger partial charge in [0.1, 0.15) is 73.2 Å². The molecule has 0 aliphatic carbocycles. The van der Waals surface area contributed by atoms with E-state index in [1.807, 2.05) is 6.08 Å². The summed E-state index contributed by atoms with van der Waals surface area (Å²) in [7, 11) is 0. The zero-order valence-electron chi connectivity index (χ0n) is 58.5. The Morgan fingerprint density at radius 2 is 0.667 bits per heavy atom. The second kappa shape index (κ2) is 56.3. The summed E-state index contributed by atoms with van der Waals surface area (Å²) in [5, 5.41) is 120. The quantitative estimate of drug-likeness (QED) is 0.0199. The van der Waals surface area contributed by atoms with Crippen LogP contribution in [0.15, 0.2) is 12.2 Å². The molecular formula is C74H141NO18. The molecule has 19 heteroatoms. The molecule has 3 aliphatic heterocycles. The van der Waals surface area contributed by atoms with E-state index in [-0.39, 0.29) is 18.9 Å². The van der Waals surface area contributed by atoms with Gasteiger partial charge in [-0.25, -0.2) is 0 Å². The van der Waals surface area contributed by atoms with Gasteiger partial charge in [0.15, 0.2) is 18.9 Å². The van der Waals surface area contributed by atoms with Crippen molar-refractivity contribution in [2.45, 2.75) is 426 Å². The second-order valence-electron chi connectivity index (χ2n) is 27.8. The number of rotatable bonds is 61. The van der Waals surface area contributed by atoms with Crippen LogP contribution in [-0.4, -0.2) is 193 Å². The summed E-state index contributed by atoms with van der Waals surface area (Å²) in [4.78, 5) is 13.4. The minimum atomic E-state index is -1.98. The number of hydrogen-bond donors (Lipinski definition) is 12. The molecule has 3 fully saturated rings. The molecule has 3 aliphatic rings. The molecular weight excluding hydrogens is 1190 g/mol. The Hall–Kier alpha value is -1.47. The summed E-state index contributed by atoms with van der Waals surface area (Å²) in [6, 6.07) is -0.968. The monoisotopic (exact) mass is 1330 g/mol. The fourth-order valence-corrected chi connectivity index (χ4v) is 13.4. The van der Waals surface area contributed by atoms with Gasteiger partial charge in [-0.3, -0.25) is 4.79 Å². The standard InChI is InChI=1S/C74H141NO18/c1-3-5-7-9-11-13-15-16-17-18-19-20-21-22-23-24-25-26-27-28-29-30-31-32-33-34-35-36-37-38-39-40-42-44-46-48-50-52-62(80)75-57(58(79)51-49-47-45-43-41-14-12-10-8-6-4-2)56-88-72-68(86)65(83)70(60(54-77)90-72)93-74-69(87)66(84)71(61(55-78)91-74)92-73-67(85)64(82)63(81)59(53-76)89-73/h49,51,57-61,63-74,76-79,81-87H,3-48,50,52-56H2,1-2H3,(H,75,80)/b51-49+. The van der Waals surface area contributed by atoms with Crippen molar-refractivity contribution in [3.63, 3.8) is 0 Å². The Morgan fingerprint density at radius 3 is 1.01 bits per heavy atom. The van der Waals surface area contributed by atoms with Crippen LogP contribution in [0.5, 0.6) is 0 Å². The highest BCUT2D eigenvalue weighted by Gasteiger charge is 2.53. The summed E-state index contributed by atoms with van der Waals surface area (Å²) in [6.07, 6.45) is 38.2. The third-order valence-electron chi connectivity index (χ3n) is 19.6. The maximum absolute atomic E-state index is 13.4. The van der Waals surface area contributed by atoms with Gasteiger partial charge in [-0.15, -0.1) is 0 Å². The number of nitrogens with one attached hydrogen (secondary N) is 1. The van der Waals surface area contributed by atoms with Crippen molar-refractivity contribution in [1.82, 2.24) is 5.32 Å². The molecule has 1 amide bonds. The Kier molecular flexibility index (Phi) is 51.9. The van der Waals surface area contributed by atoms with E-state index < -0.39 is 124 Å². The van der Waals surface area contributed by atoms with E-state index in [1.54, 1.807) is 6.08 Å². The minimum absolute atomic E-state index is 0.249. The SMILES string of the molecule is CCCCCCCCCCC/C=C/C(O)C(COC1OC(CO)C(OC2OC(CO)C(OC3OC(CO)C(O)C(O)C3O)C(O)C2O)C(O)C1O)NC(=O)CCCCCCCCCCCCCCCCCCCCCCCCCCCCCCCCCCCCCCC. The molecule has 0 radical (unpaired) electrons. The largest absolute Gasteiger partial charge is 0.394 e. The summed E-state index contributed by atoms with van der Waals surface area (Å²) in [5.74, 6) is -0.270. The number of hydrogen-bond acceptors (Lipinski definition) is 18. The number of carbonyl (C=O) groups excluding carboxylic acids is 1. The van der Waals surface area contributed by atoms with E-state index in [0.717, 1.165) is 44.9 Å². The molecule has 93 heavy (non-hydrogen) atoms. The maximum atomic E-state index is 13.4. The maximum Gasteiger partial charge on any atom is 0.220 e. The molecule has 0 aromatic heterocycles. The van der Waals surface area contributed by atoms with Gasteiger partial charge in [-0.1, -0.05) is 309 Å². The number of allylic oxidation sites excluding steroid dienone is 1. The van der Waals surface area contributed by atoms with Crippen molar-refractivity contribution in [2.75, 3.05) is 26.4 Å². The lowest BCUT2D eigenvalue weighted by Crippen LogP contribution is -2.66. The van der Waals surface area contributed by atoms with Gasteiger partial charge in [0.05, 0.1) is 38.6 Å². The van der Waals surface area contributed by atoms with E-state index in [9.17, 15) is 61.0 Å². The first-order chi connectivity index (χ1) is 45.3. The first-order valence-electron chi connectivity index (χ1n) is 38.4. The molecule has 0 saturated carbocycles. The van der Waals surface area contributed by atoms with Gasteiger partial charge >= 0.3 is 0 Å². The molecule has 3 saturated heterocycles. The van der Waals surface area contributed by atoms with Crippen LogP contribution in [-0.2, 0) is 33.2 Å². The van der Waals surface area contributed by atoms with E-state index in [4.69, 9.17) is 28.4 Å². The lowest BCUT2D eigenvalue weighted by molar-refractivity contribution is -0.379. The number of aliphatic hydroxyl groups excluding tert-OH is 11. The topological polar surface area (TPSA) is 307 Å². The van der Waals surface area contributed by atoms with Crippen LogP contribution >= 0.6 is 0 Å². The third kappa shape index (κ3) is 37.5. The average molecular weight is 1330 g/mol. The number of amides is 1. The summed E-state index contributed by atoms with van der Waals surface area (Å²) in [6.45, 7) is 1.75. The molecule has 12 N–H and O–H groups in total. The minimum Gasteiger partial charge on any atom is -0.394 e. The van der Waals surface area contributed by atoms with Crippen LogP contribution < -0.4 is 5.32 Å². The first-order valence-corrected chi connectivity index (χ1v) is 38.4. The number of aliphatic hydroxyl groups is 11. The van der Waals surface area contributed by atoms with Crippen molar-refractivity contribution in [2.24, 2.45) is 0 Å². The fourth-order valence-electron chi connectivity index (χ4n) is 13.4. The summed E-state index contributed by atoms with van der Waals surface area (Å²) < 4.78 is 34.3. The van der Waals surface area contributed by atoms with Gasteiger partial charge in [0.25, 0.3) is 0 Å². The van der Waals surface area contributed by atoms with Crippen molar-refractivity contribution >= 4 is 5.91 Å². The molecule has 0 aromatic carbocycles. The van der Waals surface area contributed by atoms with Gasteiger partial charge in [-0.05, 0) is 19.3 Å². The van der Waals surface area contributed by atoms with Gasteiger partial charge in [0.2, 0.25) is 5.91 Å². The van der Waals surface area contributed by atoms with E-state index in [1.165, 1.54) is 250 Å². The lowest BCUT2D eigenvalue weighted by Gasteiger charge is -2.48. The van der Waals surface area contributed by atoms with Crippen molar-refractivity contribution < 1.29 is 89.4 Å². The first kappa shape index (κ1) is 85.8. The van der Waals surface area contributed by atoms with Gasteiger partial charge in [-0.2, -0.15) is 0 Å². The van der Waals surface area contributed by atoms with Crippen LogP contribution in [0.1, 0.15) is 322 Å². The molecule has 550 valence electrons. The highest BCUT2D eigenvalue weighted by molar-refractivity contribution is 5.76. The van der Waals surface area contributed by atoms with Crippen LogP contribution in [0.2, 0.25) is 0 Å². The van der Waals surface area contributed by atoms with Crippen molar-refractivity contribution in [3.05, 3.63) is 12.2 Å². The molecule has 3 heterocycles. The van der Waals surface area contributed by atoms with E-state index >= 15 is 0 Å². The highest BCUT2D eigenvalue weighted by Crippen LogP contribution is 2.33. The molecule has 0 bridgehead atoms. The Balaban J connectivity index is 1.28. The molecule has 0 spiro atoms. The predicted octanol–water partition coefficient (Wildman–Crippen LogP) is 11.6. The predicted molar refractivity (Wildman–Crippen MR) is 365 cm³/mol. The zero-order valence-corrected chi connectivity index (χ0v) is 58.5. The molecule has 17 atom stereocenters. The molecule has 0 aromatic rings. The lowest BCUT2D eigenvalue weighted by atomic mass is 9.96.